The van der Waals surface area contributed by atoms with Gasteiger partial charge < -0.3 is 19.6 Å². The molecular formula is C18H26N2O6. The molecule has 2 aliphatic rings. The van der Waals surface area contributed by atoms with Crippen molar-refractivity contribution in [1.82, 2.24) is 9.80 Å². The second-order valence-corrected chi connectivity index (χ2v) is 7.54. The molecule has 0 aliphatic carbocycles. The van der Waals surface area contributed by atoms with Crippen molar-refractivity contribution in [3.05, 3.63) is 12.2 Å². The molecule has 0 aromatic heterocycles. The smallest absolute Gasteiger partial charge is 0.312 e. The third-order valence-electron chi connectivity index (χ3n) is 4.77. The molecule has 2 amide bonds. The van der Waals surface area contributed by atoms with Crippen LogP contribution < -0.4 is 0 Å². The highest BCUT2D eigenvalue weighted by molar-refractivity contribution is 6.35. The first kappa shape index (κ1) is 19.9. The molecule has 2 aliphatic heterocycles. The van der Waals surface area contributed by atoms with Gasteiger partial charge in [0, 0.05) is 26.2 Å². The highest BCUT2D eigenvalue weighted by Gasteiger charge is 2.46. The minimum Gasteiger partial charge on any atom is -0.481 e. The van der Waals surface area contributed by atoms with Crippen molar-refractivity contribution in [3.8, 4) is 0 Å². The summed E-state index contributed by atoms with van der Waals surface area (Å²) in [5.41, 5.74) is -0.148. The fourth-order valence-electron chi connectivity index (χ4n) is 3.38. The van der Waals surface area contributed by atoms with Gasteiger partial charge in [-0.05, 0) is 18.8 Å². The lowest BCUT2D eigenvalue weighted by molar-refractivity contribution is -0.155. The van der Waals surface area contributed by atoms with Gasteiger partial charge >= 0.3 is 23.8 Å². The summed E-state index contributed by atoms with van der Waals surface area (Å²) in [4.78, 5) is 51.3. The minimum atomic E-state index is -1.18. The van der Waals surface area contributed by atoms with Gasteiger partial charge in [0.25, 0.3) is 0 Å². The van der Waals surface area contributed by atoms with E-state index < -0.39 is 35.6 Å². The van der Waals surface area contributed by atoms with Crippen molar-refractivity contribution in [2.75, 3.05) is 32.8 Å². The number of carboxylic acid groups (broad SMARTS) is 1. The van der Waals surface area contributed by atoms with E-state index in [9.17, 15) is 24.3 Å². The number of likely N-dealkylation sites (tertiary alicyclic amines) is 1. The Balaban J connectivity index is 2.11. The topological polar surface area (TPSA) is 104 Å². The van der Waals surface area contributed by atoms with E-state index in [0.29, 0.717) is 13.1 Å². The number of ether oxygens (including phenoxy) is 1. The summed E-state index contributed by atoms with van der Waals surface area (Å²) in [5, 5.41) is 9.34. The molecule has 0 aromatic carbocycles. The summed E-state index contributed by atoms with van der Waals surface area (Å²) in [7, 11) is 0. The predicted octanol–water partition coefficient (Wildman–Crippen LogP) is 0.523. The number of allylic oxidation sites excluding steroid dienone is 1. The van der Waals surface area contributed by atoms with Gasteiger partial charge in [-0.1, -0.05) is 26.0 Å². The standard InChI is InChI=1S/C18H26N2O6/c1-4-26-17(25)13-10-20(9-12(13)16(23)24)15(22)14(21)19-8-6-5-7-18(2,3)11-19/h5-6,12-13H,4,7-11H2,1-3H3,(H,23,24)/t12-,13-/m1/s1. The van der Waals surface area contributed by atoms with Crippen LogP contribution >= 0.6 is 0 Å². The molecule has 1 N–H and O–H groups in total. The van der Waals surface area contributed by atoms with E-state index >= 15 is 0 Å². The van der Waals surface area contributed by atoms with Crippen LogP contribution in [0.2, 0.25) is 0 Å². The van der Waals surface area contributed by atoms with Crippen LogP contribution in [0, 0.1) is 17.3 Å². The molecule has 0 spiro atoms. The number of hydrogen-bond acceptors (Lipinski definition) is 5. The van der Waals surface area contributed by atoms with Crippen LogP contribution in [0.5, 0.6) is 0 Å². The molecule has 1 fully saturated rings. The average molecular weight is 366 g/mol. The second-order valence-electron chi connectivity index (χ2n) is 7.54. The van der Waals surface area contributed by atoms with Crippen molar-refractivity contribution in [3.63, 3.8) is 0 Å². The van der Waals surface area contributed by atoms with Crippen molar-refractivity contribution in [1.29, 1.82) is 0 Å². The van der Waals surface area contributed by atoms with Crippen LogP contribution in [-0.2, 0) is 23.9 Å². The molecule has 2 heterocycles. The van der Waals surface area contributed by atoms with Crippen LogP contribution in [0.3, 0.4) is 0 Å². The van der Waals surface area contributed by atoms with Gasteiger partial charge in [-0.3, -0.25) is 19.2 Å². The van der Waals surface area contributed by atoms with Gasteiger partial charge in [0.15, 0.2) is 0 Å². The fourth-order valence-corrected chi connectivity index (χ4v) is 3.38. The van der Waals surface area contributed by atoms with E-state index in [1.165, 1.54) is 4.90 Å². The number of carbonyl (C=O) groups is 4. The Morgan fingerprint density at radius 1 is 1.08 bits per heavy atom. The highest BCUT2D eigenvalue weighted by Crippen LogP contribution is 2.27. The molecule has 26 heavy (non-hydrogen) atoms. The third-order valence-corrected chi connectivity index (χ3v) is 4.77. The monoisotopic (exact) mass is 366 g/mol. The zero-order valence-corrected chi connectivity index (χ0v) is 15.4. The maximum atomic E-state index is 12.6. The summed E-state index contributed by atoms with van der Waals surface area (Å²) in [6.07, 6.45) is 4.65. The first-order chi connectivity index (χ1) is 12.2. The minimum absolute atomic E-state index is 0.118. The van der Waals surface area contributed by atoms with E-state index in [2.05, 4.69) is 0 Å². The van der Waals surface area contributed by atoms with E-state index in [1.54, 1.807) is 6.92 Å². The van der Waals surface area contributed by atoms with Gasteiger partial charge in [-0.25, -0.2) is 0 Å². The molecule has 0 saturated carbocycles. The zero-order chi connectivity index (χ0) is 19.5. The van der Waals surface area contributed by atoms with Crippen molar-refractivity contribution < 1.29 is 29.0 Å². The Kier molecular flexibility index (Phi) is 6.05. The summed E-state index contributed by atoms with van der Waals surface area (Å²) in [6, 6.07) is 0. The Hall–Kier alpha value is -2.38. The lowest BCUT2D eigenvalue weighted by Crippen LogP contribution is -2.47. The first-order valence-electron chi connectivity index (χ1n) is 8.79. The van der Waals surface area contributed by atoms with E-state index in [-0.39, 0.29) is 25.1 Å². The van der Waals surface area contributed by atoms with E-state index in [4.69, 9.17) is 4.74 Å². The maximum absolute atomic E-state index is 12.6. The largest absolute Gasteiger partial charge is 0.481 e. The fraction of sp³-hybridized carbons (Fsp3) is 0.667. The Morgan fingerprint density at radius 3 is 2.31 bits per heavy atom. The number of carboxylic acids is 1. The van der Waals surface area contributed by atoms with Gasteiger partial charge in [0.1, 0.15) is 0 Å². The second kappa shape index (κ2) is 7.88. The van der Waals surface area contributed by atoms with Crippen LogP contribution in [-0.4, -0.2) is 71.4 Å². The summed E-state index contributed by atoms with van der Waals surface area (Å²) < 4.78 is 4.91. The SMILES string of the molecule is CCOC(=O)[C@@H]1CN(C(=O)C(=O)N2CC=CCC(C)(C)C2)C[C@H]1C(=O)O. The number of carbonyl (C=O) groups excluding carboxylic acids is 3. The number of rotatable bonds is 3. The molecule has 0 unspecified atom stereocenters. The molecule has 0 bridgehead atoms. The third kappa shape index (κ3) is 4.42. The Labute approximate surface area is 152 Å². The van der Waals surface area contributed by atoms with Crippen LogP contribution in [0.15, 0.2) is 12.2 Å². The number of aliphatic carboxylic acids is 1. The summed E-state index contributed by atoms with van der Waals surface area (Å²) >= 11 is 0. The zero-order valence-electron chi connectivity index (χ0n) is 15.4. The lowest BCUT2D eigenvalue weighted by atomic mass is 9.89. The molecule has 0 aromatic rings. The first-order valence-corrected chi connectivity index (χ1v) is 8.79. The average Bonchev–Trinajstić information content (AvgIpc) is 2.94. The van der Waals surface area contributed by atoms with E-state index in [0.717, 1.165) is 11.3 Å². The van der Waals surface area contributed by atoms with Crippen LogP contribution in [0.4, 0.5) is 0 Å². The highest BCUT2D eigenvalue weighted by atomic mass is 16.5. The number of nitrogens with zero attached hydrogens (tertiary/aromatic N) is 2. The Bertz CT molecular complexity index is 627. The van der Waals surface area contributed by atoms with Gasteiger partial charge in [-0.2, -0.15) is 0 Å². The van der Waals surface area contributed by atoms with E-state index in [1.807, 2.05) is 26.0 Å². The van der Waals surface area contributed by atoms with Crippen molar-refractivity contribution in [2.45, 2.75) is 27.2 Å². The molecular weight excluding hydrogens is 340 g/mol. The number of esters is 1. The Morgan fingerprint density at radius 2 is 1.69 bits per heavy atom. The molecule has 1 saturated heterocycles. The molecule has 144 valence electrons. The van der Waals surface area contributed by atoms with Crippen molar-refractivity contribution >= 4 is 23.8 Å². The van der Waals surface area contributed by atoms with Crippen LogP contribution in [0.25, 0.3) is 0 Å². The number of amides is 2. The lowest BCUT2D eigenvalue weighted by Gasteiger charge is -2.30. The quantitative estimate of drug-likeness (QED) is 0.444. The normalized spacial score (nSPS) is 24.9. The van der Waals surface area contributed by atoms with Crippen molar-refractivity contribution in [2.24, 2.45) is 17.3 Å². The molecule has 2 atom stereocenters. The predicted molar refractivity (Wildman–Crippen MR) is 91.9 cm³/mol. The van der Waals surface area contributed by atoms with Gasteiger partial charge in [-0.15, -0.1) is 0 Å². The maximum Gasteiger partial charge on any atom is 0.312 e. The van der Waals surface area contributed by atoms with Gasteiger partial charge in [0.2, 0.25) is 0 Å². The molecule has 8 heteroatoms. The molecule has 2 rings (SSSR count). The molecule has 8 nitrogen and oxygen atoms in total. The summed E-state index contributed by atoms with van der Waals surface area (Å²) in [6.45, 7) is 6.27. The van der Waals surface area contributed by atoms with Crippen LogP contribution in [0.1, 0.15) is 27.2 Å². The molecule has 0 radical (unpaired) electrons. The number of hydrogen-bond donors (Lipinski definition) is 1. The van der Waals surface area contributed by atoms with Gasteiger partial charge in [0.05, 0.1) is 18.4 Å². The summed E-state index contributed by atoms with van der Waals surface area (Å²) in [5.74, 6) is -5.28.